The van der Waals surface area contributed by atoms with Crippen LogP contribution >= 0.6 is 23.4 Å². The number of hydrogen-bond donors (Lipinski definition) is 3. The predicted octanol–water partition coefficient (Wildman–Crippen LogP) is 5.53. The van der Waals surface area contributed by atoms with E-state index in [9.17, 15) is 17.2 Å². The zero-order chi connectivity index (χ0) is 23.5. The lowest BCUT2D eigenvalue weighted by atomic mass is 10.1. The number of halogens is 3. The van der Waals surface area contributed by atoms with Crippen molar-refractivity contribution in [3.8, 4) is 11.1 Å². The van der Waals surface area contributed by atoms with E-state index in [-0.39, 0.29) is 22.2 Å². The van der Waals surface area contributed by atoms with E-state index in [0.29, 0.717) is 28.8 Å². The topological polar surface area (TPSA) is 109 Å². The van der Waals surface area contributed by atoms with E-state index in [4.69, 9.17) is 22.7 Å². The van der Waals surface area contributed by atoms with Gasteiger partial charge in [-0.05, 0) is 42.3 Å². The van der Waals surface area contributed by atoms with Crippen LogP contribution in [0.15, 0.2) is 53.6 Å². The number of benzene rings is 2. The van der Waals surface area contributed by atoms with Crippen LogP contribution in [-0.4, -0.2) is 24.2 Å². The van der Waals surface area contributed by atoms with E-state index in [1.54, 1.807) is 37.3 Å². The molecule has 0 aliphatic carbocycles. The van der Waals surface area contributed by atoms with Crippen LogP contribution in [-0.2, 0) is 10.0 Å². The Balaban J connectivity index is 1.93. The fourth-order valence-electron chi connectivity index (χ4n) is 2.81. The van der Waals surface area contributed by atoms with E-state index < -0.39 is 32.2 Å². The summed E-state index contributed by atoms with van der Waals surface area (Å²) >= 11 is 6.39. The number of thioether (sulfide) groups is 1. The highest BCUT2D eigenvalue weighted by atomic mass is 35.5. The standard InChI is InChI=1S/C21H19ClF2N4O2S2/c1-2-9-32(29,30)28-17-8-7-16(23)19(18(17)24)31-21(26)15-10-13(11-27-20(15)25)12-3-5-14(22)6-4-12/h3-8,10-11,26,28H,2,9H2,1H3,(H2,25,27). The van der Waals surface area contributed by atoms with Gasteiger partial charge in [-0.15, -0.1) is 0 Å². The highest BCUT2D eigenvalue weighted by Gasteiger charge is 2.21. The number of hydrogen-bond acceptors (Lipinski definition) is 6. The second-order valence-electron chi connectivity index (χ2n) is 6.75. The SMILES string of the molecule is CCCS(=O)(=O)Nc1ccc(F)c(SC(=N)c2cc(-c3ccc(Cl)cc3)cnc2N)c1F. The van der Waals surface area contributed by atoms with Crippen LogP contribution in [0.25, 0.3) is 11.1 Å². The Hall–Kier alpha value is -2.69. The van der Waals surface area contributed by atoms with Crippen molar-refractivity contribution in [1.29, 1.82) is 5.41 Å². The molecule has 0 aliphatic heterocycles. The summed E-state index contributed by atoms with van der Waals surface area (Å²) < 4.78 is 55.4. The summed E-state index contributed by atoms with van der Waals surface area (Å²) in [5, 5.41) is 8.66. The molecule has 0 atom stereocenters. The molecule has 0 amide bonds. The Morgan fingerprint density at radius 2 is 1.88 bits per heavy atom. The van der Waals surface area contributed by atoms with Crippen LogP contribution in [0.5, 0.6) is 0 Å². The molecule has 0 aliphatic rings. The molecular formula is C21H19ClF2N4O2S2. The summed E-state index contributed by atoms with van der Waals surface area (Å²) in [5.74, 6) is -2.24. The van der Waals surface area contributed by atoms with Gasteiger partial charge in [-0.3, -0.25) is 10.1 Å². The lowest BCUT2D eigenvalue weighted by molar-refractivity contribution is 0.543. The van der Waals surface area contributed by atoms with Gasteiger partial charge in [-0.1, -0.05) is 42.4 Å². The number of sulfonamides is 1. The largest absolute Gasteiger partial charge is 0.383 e. The maximum absolute atomic E-state index is 14.9. The van der Waals surface area contributed by atoms with Crippen LogP contribution in [0.1, 0.15) is 18.9 Å². The monoisotopic (exact) mass is 496 g/mol. The summed E-state index contributed by atoms with van der Waals surface area (Å²) in [6, 6.07) is 10.5. The van der Waals surface area contributed by atoms with Crippen molar-refractivity contribution in [2.75, 3.05) is 16.2 Å². The van der Waals surface area contributed by atoms with Crippen LogP contribution in [0.4, 0.5) is 20.3 Å². The number of anilines is 2. The minimum absolute atomic E-state index is 0.0147. The smallest absolute Gasteiger partial charge is 0.232 e. The normalized spacial score (nSPS) is 11.4. The van der Waals surface area contributed by atoms with E-state index in [1.165, 1.54) is 6.20 Å². The highest BCUT2D eigenvalue weighted by molar-refractivity contribution is 8.14. The number of aromatic nitrogens is 1. The van der Waals surface area contributed by atoms with Crippen LogP contribution in [0, 0.1) is 17.0 Å². The molecule has 1 heterocycles. The lowest BCUT2D eigenvalue weighted by Crippen LogP contribution is -2.17. The summed E-state index contributed by atoms with van der Waals surface area (Å²) in [6.07, 6.45) is 1.85. The van der Waals surface area contributed by atoms with Crippen molar-refractivity contribution < 1.29 is 17.2 Å². The molecule has 3 aromatic rings. The second-order valence-corrected chi connectivity index (χ2v) is 10.1. The van der Waals surface area contributed by atoms with E-state index in [0.717, 1.165) is 17.7 Å². The van der Waals surface area contributed by atoms with Gasteiger partial charge in [0.15, 0.2) is 5.82 Å². The Labute approximate surface area is 193 Å². The van der Waals surface area contributed by atoms with Gasteiger partial charge in [0.25, 0.3) is 0 Å². The average molecular weight is 497 g/mol. The van der Waals surface area contributed by atoms with Gasteiger partial charge in [-0.25, -0.2) is 22.2 Å². The summed E-state index contributed by atoms with van der Waals surface area (Å²) in [5.41, 5.74) is 7.10. The molecule has 168 valence electrons. The number of nitrogens with one attached hydrogen (secondary N) is 2. The first-order valence-electron chi connectivity index (χ1n) is 9.38. The first-order chi connectivity index (χ1) is 15.1. The number of nitrogens with zero attached hydrogens (tertiary/aromatic N) is 1. The average Bonchev–Trinajstić information content (AvgIpc) is 2.74. The molecule has 0 radical (unpaired) electrons. The van der Waals surface area contributed by atoms with Gasteiger partial charge >= 0.3 is 0 Å². The third-order valence-corrected chi connectivity index (χ3v) is 7.06. The second kappa shape index (κ2) is 9.85. The molecule has 3 rings (SSSR count). The molecule has 4 N–H and O–H groups in total. The maximum atomic E-state index is 14.9. The van der Waals surface area contributed by atoms with Gasteiger partial charge in [0, 0.05) is 22.3 Å². The van der Waals surface area contributed by atoms with Crippen molar-refractivity contribution in [3.63, 3.8) is 0 Å². The van der Waals surface area contributed by atoms with Gasteiger partial charge in [0.2, 0.25) is 10.0 Å². The van der Waals surface area contributed by atoms with Gasteiger partial charge in [0.05, 0.1) is 16.3 Å². The molecule has 0 spiro atoms. The number of pyridine rings is 1. The number of nitrogens with two attached hydrogens (primary N) is 1. The van der Waals surface area contributed by atoms with Gasteiger partial charge in [-0.2, -0.15) is 0 Å². The van der Waals surface area contributed by atoms with Crippen molar-refractivity contribution >= 4 is 49.9 Å². The third kappa shape index (κ3) is 5.56. The summed E-state index contributed by atoms with van der Waals surface area (Å²) in [7, 11) is -3.78. The Morgan fingerprint density at radius 1 is 1.19 bits per heavy atom. The lowest BCUT2D eigenvalue weighted by Gasteiger charge is -2.13. The van der Waals surface area contributed by atoms with Gasteiger partial charge in [0.1, 0.15) is 16.7 Å². The molecule has 0 fully saturated rings. The zero-order valence-corrected chi connectivity index (χ0v) is 19.2. The fourth-order valence-corrected chi connectivity index (χ4v) is 4.91. The minimum Gasteiger partial charge on any atom is -0.383 e. The molecule has 0 saturated heterocycles. The molecule has 0 saturated carbocycles. The molecular weight excluding hydrogens is 478 g/mol. The summed E-state index contributed by atoms with van der Waals surface area (Å²) in [6.45, 7) is 1.67. The fraction of sp³-hybridized carbons (Fsp3) is 0.143. The van der Waals surface area contributed by atoms with Crippen molar-refractivity contribution in [2.24, 2.45) is 0 Å². The number of rotatable bonds is 7. The first-order valence-corrected chi connectivity index (χ1v) is 12.2. The molecule has 11 heteroatoms. The van der Waals surface area contributed by atoms with Crippen molar-refractivity contribution in [1.82, 2.24) is 4.98 Å². The third-order valence-electron chi connectivity index (χ3n) is 4.33. The van der Waals surface area contributed by atoms with E-state index in [2.05, 4.69) is 9.71 Å². The minimum atomic E-state index is -3.78. The maximum Gasteiger partial charge on any atom is 0.232 e. The van der Waals surface area contributed by atoms with Crippen LogP contribution in [0.2, 0.25) is 5.02 Å². The Kier molecular flexibility index (Phi) is 7.37. The zero-order valence-electron chi connectivity index (χ0n) is 16.8. The molecule has 6 nitrogen and oxygen atoms in total. The highest BCUT2D eigenvalue weighted by Crippen LogP contribution is 2.34. The Bertz CT molecular complexity index is 1270. The molecule has 32 heavy (non-hydrogen) atoms. The van der Waals surface area contributed by atoms with E-state index in [1.807, 2.05) is 0 Å². The van der Waals surface area contributed by atoms with Crippen LogP contribution < -0.4 is 10.5 Å². The van der Waals surface area contributed by atoms with Crippen molar-refractivity contribution in [3.05, 3.63) is 70.9 Å². The summed E-state index contributed by atoms with van der Waals surface area (Å²) in [4.78, 5) is 3.56. The predicted molar refractivity (Wildman–Crippen MR) is 126 cm³/mol. The van der Waals surface area contributed by atoms with Gasteiger partial charge < -0.3 is 5.73 Å². The number of nitrogen functional groups attached to an aromatic ring is 1. The molecule has 0 bridgehead atoms. The molecule has 0 unspecified atom stereocenters. The molecule has 2 aromatic carbocycles. The quantitative estimate of drug-likeness (QED) is 0.226. The van der Waals surface area contributed by atoms with Crippen LogP contribution in [0.3, 0.4) is 0 Å². The van der Waals surface area contributed by atoms with Crippen molar-refractivity contribution in [2.45, 2.75) is 18.2 Å². The molecule has 1 aromatic heterocycles. The Morgan fingerprint density at radius 3 is 2.53 bits per heavy atom. The first kappa shape index (κ1) is 24.0. The van der Waals surface area contributed by atoms with E-state index >= 15 is 0 Å².